The van der Waals surface area contributed by atoms with Gasteiger partial charge in [0.1, 0.15) is 16.7 Å². The highest BCUT2D eigenvalue weighted by molar-refractivity contribution is 7.85. The number of benzene rings is 2. The Labute approximate surface area is 145 Å². The number of rotatable bonds is 4. The van der Waals surface area contributed by atoms with Crippen molar-refractivity contribution in [2.45, 2.75) is 26.2 Å². The minimum Gasteiger partial charge on any atom is -0.410 e. The minimum absolute atomic E-state index is 0.118. The van der Waals surface area contributed by atoms with Gasteiger partial charge in [-0.25, -0.2) is 9.00 Å². The van der Waals surface area contributed by atoms with Crippen LogP contribution in [-0.2, 0) is 16.4 Å². The fourth-order valence-electron chi connectivity index (χ4n) is 2.10. The first-order valence-electron chi connectivity index (χ1n) is 7.53. The minimum atomic E-state index is -1.20. The fourth-order valence-corrected chi connectivity index (χ4v) is 2.55. The van der Waals surface area contributed by atoms with Gasteiger partial charge in [0.2, 0.25) is 0 Å². The van der Waals surface area contributed by atoms with E-state index in [2.05, 4.69) is 30.8 Å². The standard InChI is InChI=1S/C18H22N2O3S/c1-18(2,3)13-10-14(12-15(11-13)20-24(4)22)19-17(21)23-16-8-6-5-7-9-16/h5-12,20H,1-4H3,(H,19,21). The molecular formula is C18H22N2O3S. The van der Waals surface area contributed by atoms with Crippen molar-refractivity contribution >= 4 is 28.5 Å². The van der Waals surface area contributed by atoms with Crippen molar-refractivity contribution in [1.29, 1.82) is 0 Å². The topological polar surface area (TPSA) is 67.4 Å². The van der Waals surface area contributed by atoms with Gasteiger partial charge in [-0.1, -0.05) is 39.0 Å². The third kappa shape index (κ3) is 5.38. The van der Waals surface area contributed by atoms with Gasteiger partial charge >= 0.3 is 6.09 Å². The molecule has 0 aromatic heterocycles. The molecule has 0 spiro atoms. The van der Waals surface area contributed by atoms with E-state index in [0.717, 1.165) is 5.56 Å². The monoisotopic (exact) mass is 346 g/mol. The highest BCUT2D eigenvalue weighted by Crippen LogP contribution is 2.29. The second-order valence-corrected chi connectivity index (χ2v) is 7.55. The zero-order valence-corrected chi connectivity index (χ0v) is 15.1. The Bertz CT molecular complexity index is 740. The molecule has 0 aliphatic heterocycles. The van der Waals surface area contributed by atoms with E-state index >= 15 is 0 Å². The maximum atomic E-state index is 12.1. The molecule has 0 heterocycles. The molecule has 2 aromatic carbocycles. The summed E-state index contributed by atoms with van der Waals surface area (Å²) < 4.78 is 19.5. The molecule has 6 heteroatoms. The van der Waals surface area contributed by atoms with Crippen molar-refractivity contribution in [3.8, 4) is 5.75 Å². The number of anilines is 2. The Hall–Kier alpha value is -2.34. The van der Waals surface area contributed by atoms with Crippen LogP contribution in [0.4, 0.5) is 16.2 Å². The van der Waals surface area contributed by atoms with Crippen molar-refractivity contribution in [2.75, 3.05) is 16.3 Å². The van der Waals surface area contributed by atoms with Crippen LogP contribution in [0.5, 0.6) is 5.75 Å². The van der Waals surface area contributed by atoms with Gasteiger partial charge in [-0.3, -0.25) is 5.32 Å². The summed E-state index contributed by atoms with van der Waals surface area (Å²) in [4.78, 5) is 12.1. The van der Waals surface area contributed by atoms with E-state index < -0.39 is 17.1 Å². The zero-order valence-electron chi connectivity index (χ0n) is 14.3. The molecule has 0 aliphatic carbocycles. The third-order valence-corrected chi connectivity index (χ3v) is 3.78. The highest BCUT2D eigenvalue weighted by atomic mass is 32.2. The summed E-state index contributed by atoms with van der Waals surface area (Å²) in [5.41, 5.74) is 2.15. The summed E-state index contributed by atoms with van der Waals surface area (Å²) in [7, 11) is -1.20. The molecule has 1 unspecified atom stereocenters. The lowest BCUT2D eigenvalue weighted by Gasteiger charge is -2.21. The number of nitrogens with one attached hydrogen (secondary N) is 2. The molecule has 0 bridgehead atoms. The van der Waals surface area contributed by atoms with Crippen molar-refractivity contribution in [2.24, 2.45) is 0 Å². The quantitative estimate of drug-likeness (QED) is 0.867. The zero-order chi connectivity index (χ0) is 17.7. The van der Waals surface area contributed by atoms with E-state index in [-0.39, 0.29) is 5.41 Å². The number of amides is 1. The molecule has 1 amide bonds. The summed E-state index contributed by atoms with van der Waals surface area (Å²) >= 11 is 0. The van der Waals surface area contributed by atoms with Crippen LogP contribution < -0.4 is 14.8 Å². The smallest absolute Gasteiger partial charge is 0.410 e. The van der Waals surface area contributed by atoms with Crippen molar-refractivity contribution in [1.82, 2.24) is 0 Å². The van der Waals surface area contributed by atoms with Crippen molar-refractivity contribution < 1.29 is 13.7 Å². The summed E-state index contributed by atoms with van der Waals surface area (Å²) in [5.74, 6) is 0.468. The van der Waals surface area contributed by atoms with Gasteiger partial charge in [-0.2, -0.15) is 0 Å². The third-order valence-electron chi connectivity index (χ3n) is 3.26. The second-order valence-electron chi connectivity index (χ2n) is 6.43. The van der Waals surface area contributed by atoms with Crippen molar-refractivity contribution in [3.05, 3.63) is 54.1 Å². The van der Waals surface area contributed by atoms with Crippen molar-refractivity contribution in [3.63, 3.8) is 0 Å². The molecule has 128 valence electrons. The number of carbonyl (C=O) groups excluding carboxylic acids is 1. The SMILES string of the molecule is CS(=O)Nc1cc(NC(=O)Oc2ccccc2)cc(C(C)(C)C)c1. The molecule has 0 fully saturated rings. The van der Waals surface area contributed by atoms with Gasteiger partial charge in [0, 0.05) is 17.6 Å². The van der Waals surface area contributed by atoms with E-state index in [1.165, 1.54) is 0 Å². The average molecular weight is 346 g/mol. The highest BCUT2D eigenvalue weighted by Gasteiger charge is 2.17. The number of carbonyl (C=O) groups is 1. The van der Waals surface area contributed by atoms with Crippen LogP contribution in [0.1, 0.15) is 26.3 Å². The van der Waals surface area contributed by atoms with Gasteiger partial charge in [0.15, 0.2) is 0 Å². The Kier molecular flexibility index (Phi) is 5.62. The first-order valence-corrected chi connectivity index (χ1v) is 9.09. The largest absolute Gasteiger partial charge is 0.417 e. The molecule has 0 saturated heterocycles. The lowest BCUT2D eigenvalue weighted by molar-refractivity contribution is 0.215. The van der Waals surface area contributed by atoms with Crippen LogP contribution in [0.25, 0.3) is 0 Å². The van der Waals surface area contributed by atoms with Gasteiger partial charge in [0.25, 0.3) is 0 Å². The summed E-state index contributed by atoms with van der Waals surface area (Å²) in [6.07, 6.45) is 0.983. The Balaban J connectivity index is 2.21. The van der Waals surface area contributed by atoms with E-state index in [4.69, 9.17) is 4.74 Å². The number of ether oxygens (including phenoxy) is 1. The van der Waals surface area contributed by atoms with Crippen LogP contribution in [0, 0.1) is 0 Å². The van der Waals surface area contributed by atoms with E-state index in [9.17, 15) is 9.00 Å². The van der Waals surface area contributed by atoms with Crippen LogP contribution in [0.2, 0.25) is 0 Å². The summed E-state index contributed by atoms with van der Waals surface area (Å²) in [6.45, 7) is 6.21. The summed E-state index contributed by atoms with van der Waals surface area (Å²) in [5, 5.41) is 2.72. The predicted octanol–water partition coefficient (Wildman–Crippen LogP) is 4.30. The molecule has 2 N–H and O–H groups in total. The Morgan fingerprint density at radius 3 is 2.25 bits per heavy atom. The molecule has 0 aliphatic rings. The number of hydrogen-bond acceptors (Lipinski definition) is 3. The van der Waals surface area contributed by atoms with Gasteiger partial charge in [0.05, 0.1) is 0 Å². The molecule has 0 saturated carbocycles. The van der Waals surface area contributed by atoms with Crippen LogP contribution in [0.15, 0.2) is 48.5 Å². The van der Waals surface area contributed by atoms with Gasteiger partial charge in [-0.05, 0) is 41.3 Å². The summed E-state index contributed by atoms with van der Waals surface area (Å²) in [6, 6.07) is 14.4. The molecule has 2 rings (SSSR count). The fraction of sp³-hybridized carbons (Fsp3) is 0.278. The molecule has 1 atom stereocenters. The predicted molar refractivity (Wildman–Crippen MR) is 98.9 cm³/mol. The lowest BCUT2D eigenvalue weighted by atomic mass is 9.86. The maximum Gasteiger partial charge on any atom is 0.417 e. The first-order chi connectivity index (χ1) is 11.2. The second kappa shape index (κ2) is 7.49. The van der Waals surface area contributed by atoms with Gasteiger partial charge < -0.3 is 9.46 Å². The molecule has 24 heavy (non-hydrogen) atoms. The van der Waals surface area contributed by atoms with E-state index in [0.29, 0.717) is 17.1 Å². The molecule has 2 aromatic rings. The average Bonchev–Trinajstić information content (AvgIpc) is 2.46. The number of para-hydroxylation sites is 1. The Morgan fingerprint density at radius 1 is 1.04 bits per heavy atom. The van der Waals surface area contributed by atoms with Crippen LogP contribution >= 0.6 is 0 Å². The Morgan fingerprint density at radius 2 is 1.67 bits per heavy atom. The van der Waals surface area contributed by atoms with E-state index in [1.807, 2.05) is 18.2 Å². The lowest BCUT2D eigenvalue weighted by Crippen LogP contribution is -2.18. The molecule has 5 nitrogen and oxygen atoms in total. The normalized spacial score (nSPS) is 12.3. The van der Waals surface area contributed by atoms with Crippen LogP contribution in [0.3, 0.4) is 0 Å². The van der Waals surface area contributed by atoms with Gasteiger partial charge in [-0.15, -0.1) is 0 Å². The van der Waals surface area contributed by atoms with E-state index in [1.54, 1.807) is 36.6 Å². The first kappa shape index (κ1) is 18.0. The molecule has 0 radical (unpaired) electrons. The molecular weight excluding hydrogens is 324 g/mol. The van der Waals surface area contributed by atoms with Crippen LogP contribution in [-0.4, -0.2) is 16.6 Å². The number of hydrogen-bond donors (Lipinski definition) is 2. The maximum absolute atomic E-state index is 12.1.